The lowest BCUT2D eigenvalue weighted by Gasteiger charge is -2.32. The lowest BCUT2D eigenvalue weighted by Crippen LogP contribution is -2.47. The van der Waals surface area contributed by atoms with E-state index in [1.165, 1.54) is 0 Å². The molecule has 108 valence electrons. The standard InChI is InChI=1S/C15H32N2O/c1-6-8-9-12(7-2)14(18)17-13(10-11-16)15(3,4)5/h12-13H,6-11,16H2,1-5H3,(H,17,18). The summed E-state index contributed by atoms with van der Waals surface area (Å²) in [5.41, 5.74) is 5.71. The first-order valence-corrected chi connectivity index (χ1v) is 7.37. The minimum atomic E-state index is 0.0675. The van der Waals surface area contributed by atoms with Crippen LogP contribution in [-0.2, 0) is 4.79 Å². The Morgan fingerprint density at radius 3 is 2.22 bits per heavy atom. The van der Waals surface area contributed by atoms with Crippen LogP contribution in [0.1, 0.15) is 66.7 Å². The first kappa shape index (κ1) is 17.4. The number of hydrogen-bond donors (Lipinski definition) is 2. The van der Waals surface area contributed by atoms with Crippen LogP contribution in [0, 0.1) is 11.3 Å². The molecule has 0 spiro atoms. The van der Waals surface area contributed by atoms with E-state index < -0.39 is 0 Å². The molecule has 0 saturated carbocycles. The first-order valence-electron chi connectivity index (χ1n) is 7.37. The van der Waals surface area contributed by atoms with E-state index >= 15 is 0 Å². The molecule has 0 rings (SSSR count). The molecule has 1 amide bonds. The Morgan fingerprint density at radius 2 is 1.83 bits per heavy atom. The van der Waals surface area contributed by atoms with E-state index in [0.29, 0.717) is 6.54 Å². The predicted octanol–water partition coefficient (Wildman–Crippen LogP) is 3.08. The smallest absolute Gasteiger partial charge is 0.223 e. The molecule has 3 N–H and O–H groups in total. The first-order chi connectivity index (χ1) is 8.36. The molecule has 0 aromatic carbocycles. The zero-order valence-corrected chi connectivity index (χ0v) is 12.9. The van der Waals surface area contributed by atoms with E-state index in [-0.39, 0.29) is 23.3 Å². The Balaban J connectivity index is 4.46. The summed E-state index contributed by atoms with van der Waals surface area (Å²) in [6.45, 7) is 11.3. The van der Waals surface area contributed by atoms with Crippen molar-refractivity contribution in [2.75, 3.05) is 6.54 Å². The molecule has 2 atom stereocenters. The third-order valence-electron chi connectivity index (χ3n) is 3.59. The van der Waals surface area contributed by atoms with Crippen LogP contribution in [0.15, 0.2) is 0 Å². The number of rotatable bonds is 8. The highest BCUT2D eigenvalue weighted by atomic mass is 16.1. The molecule has 0 aromatic rings. The molecule has 0 aromatic heterocycles. The molecular formula is C15H32N2O. The molecule has 0 aliphatic rings. The zero-order chi connectivity index (χ0) is 14.2. The van der Waals surface area contributed by atoms with Crippen LogP contribution in [0.3, 0.4) is 0 Å². The van der Waals surface area contributed by atoms with Crippen molar-refractivity contribution in [1.29, 1.82) is 0 Å². The van der Waals surface area contributed by atoms with Crippen LogP contribution in [0.25, 0.3) is 0 Å². The van der Waals surface area contributed by atoms with Gasteiger partial charge < -0.3 is 11.1 Å². The van der Waals surface area contributed by atoms with E-state index in [9.17, 15) is 4.79 Å². The topological polar surface area (TPSA) is 55.1 Å². The van der Waals surface area contributed by atoms with Crippen LogP contribution < -0.4 is 11.1 Å². The lowest BCUT2D eigenvalue weighted by atomic mass is 9.84. The maximum atomic E-state index is 12.3. The Kier molecular flexibility index (Phi) is 8.25. The Morgan fingerprint density at radius 1 is 1.22 bits per heavy atom. The van der Waals surface area contributed by atoms with Gasteiger partial charge in [0.05, 0.1) is 0 Å². The van der Waals surface area contributed by atoms with Gasteiger partial charge in [-0.15, -0.1) is 0 Å². The monoisotopic (exact) mass is 256 g/mol. The average molecular weight is 256 g/mol. The van der Waals surface area contributed by atoms with Crippen molar-refractivity contribution < 1.29 is 4.79 Å². The van der Waals surface area contributed by atoms with Crippen molar-refractivity contribution in [3.8, 4) is 0 Å². The van der Waals surface area contributed by atoms with Crippen molar-refractivity contribution in [2.24, 2.45) is 17.1 Å². The summed E-state index contributed by atoms with van der Waals surface area (Å²) in [4.78, 5) is 12.3. The quantitative estimate of drug-likeness (QED) is 0.701. The molecule has 0 saturated heterocycles. The molecule has 0 radical (unpaired) electrons. The largest absolute Gasteiger partial charge is 0.353 e. The molecule has 18 heavy (non-hydrogen) atoms. The molecular weight excluding hydrogens is 224 g/mol. The van der Waals surface area contributed by atoms with Gasteiger partial charge in [0.15, 0.2) is 0 Å². The maximum Gasteiger partial charge on any atom is 0.223 e. The van der Waals surface area contributed by atoms with E-state index in [1.54, 1.807) is 0 Å². The minimum Gasteiger partial charge on any atom is -0.353 e. The van der Waals surface area contributed by atoms with Crippen LogP contribution >= 0.6 is 0 Å². The second kappa shape index (κ2) is 8.52. The fraction of sp³-hybridized carbons (Fsp3) is 0.933. The van der Waals surface area contributed by atoms with Gasteiger partial charge in [-0.1, -0.05) is 47.5 Å². The van der Waals surface area contributed by atoms with Gasteiger partial charge in [0.1, 0.15) is 0 Å². The predicted molar refractivity (Wildman–Crippen MR) is 78.4 cm³/mol. The summed E-state index contributed by atoms with van der Waals surface area (Å²) in [7, 11) is 0. The highest BCUT2D eigenvalue weighted by Crippen LogP contribution is 2.22. The SMILES string of the molecule is CCCCC(CC)C(=O)NC(CCN)C(C)(C)C. The molecule has 0 aliphatic carbocycles. The van der Waals surface area contributed by atoms with Crippen molar-refractivity contribution in [3.05, 3.63) is 0 Å². The number of nitrogens with one attached hydrogen (secondary N) is 1. The summed E-state index contributed by atoms with van der Waals surface area (Å²) < 4.78 is 0. The van der Waals surface area contributed by atoms with Gasteiger partial charge in [0, 0.05) is 12.0 Å². The number of unbranched alkanes of at least 4 members (excludes halogenated alkanes) is 1. The molecule has 0 bridgehead atoms. The highest BCUT2D eigenvalue weighted by Gasteiger charge is 2.27. The number of carbonyl (C=O) groups excluding carboxylic acids is 1. The summed E-state index contributed by atoms with van der Waals surface area (Å²) in [6.07, 6.45) is 5.04. The van der Waals surface area contributed by atoms with Crippen molar-refractivity contribution >= 4 is 5.91 Å². The fourth-order valence-electron chi connectivity index (χ4n) is 2.15. The Hall–Kier alpha value is -0.570. The number of hydrogen-bond acceptors (Lipinski definition) is 2. The molecule has 0 aliphatic heterocycles. The zero-order valence-electron chi connectivity index (χ0n) is 12.9. The third-order valence-corrected chi connectivity index (χ3v) is 3.59. The second-order valence-electron chi connectivity index (χ2n) is 6.25. The summed E-state index contributed by atoms with van der Waals surface area (Å²) in [5.74, 6) is 0.367. The Bertz CT molecular complexity index is 233. The van der Waals surface area contributed by atoms with Gasteiger partial charge in [0.25, 0.3) is 0 Å². The van der Waals surface area contributed by atoms with Gasteiger partial charge in [0.2, 0.25) is 5.91 Å². The van der Waals surface area contributed by atoms with E-state index in [4.69, 9.17) is 5.73 Å². The summed E-state index contributed by atoms with van der Waals surface area (Å²) in [6, 6.07) is 0.172. The average Bonchev–Trinajstić information content (AvgIpc) is 2.28. The maximum absolute atomic E-state index is 12.3. The summed E-state index contributed by atoms with van der Waals surface area (Å²) >= 11 is 0. The molecule has 3 heteroatoms. The van der Waals surface area contributed by atoms with Crippen LogP contribution in [0.4, 0.5) is 0 Å². The normalized spacial score (nSPS) is 15.2. The molecule has 0 heterocycles. The van der Waals surface area contributed by atoms with Crippen LogP contribution in [0.5, 0.6) is 0 Å². The number of carbonyl (C=O) groups is 1. The van der Waals surface area contributed by atoms with Gasteiger partial charge in [-0.05, 0) is 31.2 Å². The number of amides is 1. The van der Waals surface area contributed by atoms with Crippen LogP contribution in [0.2, 0.25) is 0 Å². The Labute approximate surface area is 113 Å². The second-order valence-corrected chi connectivity index (χ2v) is 6.25. The third kappa shape index (κ3) is 6.39. The van der Waals surface area contributed by atoms with Gasteiger partial charge in [-0.2, -0.15) is 0 Å². The van der Waals surface area contributed by atoms with Gasteiger partial charge in [-0.25, -0.2) is 0 Å². The van der Waals surface area contributed by atoms with E-state index in [1.807, 2.05) is 0 Å². The van der Waals surface area contributed by atoms with E-state index in [0.717, 1.165) is 32.1 Å². The van der Waals surface area contributed by atoms with Crippen LogP contribution in [-0.4, -0.2) is 18.5 Å². The minimum absolute atomic E-state index is 0.0675. The molecule has 2 unspecified atom stereocenters. The lowest BCUT2D eigenvalue weighted by molar-refractivity contribution is -0.126. The van der Waals surface area contributed by atoms with E-state index in [2.05, 4.69) is 39.9 Å². The highest BCUT2D eigenvalue weighted by molar-refractivity contribution is 5.78. The van der Waals surface area contributed by atoms with Gasteiger partial charge in [-0.3, -0.25) is 4.79 Å². The molecule has 0 fully saturated rings. The fourth-order valence-corrected chi connectivity index (χ4v) is 2.15. The van der Waals surface area contributed by atoms with Crippen molar-refractivity contribution in [3.63, 3.8) is 0 Å². The van der Waals surface area contributed by atoms with Crippen molar-refractivity contribution in [1.82, 2.24) is 5.32 Å². The summed E-state index contributed by atoms with van der Waals surface area (Å²) in [5, 5.41) is 3.20. The molecule has 3 nitrogen and oxygen atoms in total. The van der Waals surface area contributed by atoms with Crippen molar-refractivity contribution in [2.45, 2.75) is 72.8 Å². The number of nitrogens with two attached hydrogens (primary N) is 1. The van der Waals surface area contributed by atoms with Gasteiger partial charge >= 0.3 is 0 Å².